The molecule has 0 unspecified atom stereocenters. The number of aliphatic hydroxyl groups is 1. The third-order valence-corrected chi connectivity index (χ3v) is 4.70. The SMILES string of the molecule is CC(C)c1cc(C(=O)N2CCC(N[C@@H](CO)C(=O)O)CC2)c(O)cc1O. The molecule has 1 aliphatic rings. The van der Waals surface area contributed by atoms with Crippen molar-refractivity contribution in [3.05, 3.63) is 23.3 Å². The Hall–Kier alpha value is -2.32. The van der Waals surface area contributed by atoms with Gasteiger partial charge in [-0.1, -0.05) is 13.8 Å². The van der Waals surface area contributed by atoms with Crippen LogP contribution in [0, 0.1) is 0 Å². The predicted molar refractivity (Wildman–Crippen MR) is 94.4 cm³/mol. The summed E-state index contributed by atoms with van der Waals surface area (Å²) in [6.07, 6.45) is 1.09. The number of rotatable bonds is 6. The quantitative estimate of drug-likeness (QED) is 0.505. The third kappa shape index (κ3) is 4.44. The zero-order valence-corrected chi connectivity index (χ0v) is 15.0. The van der Waals surface area contributed by atoms with E-state index < -0.39 is 18.6 Å². The second kappa shape index (κ2) is 8.37. The van der Waals surface area contributed by atoms with Crippen LogP contribution in [0.15, 0.2) is 12.1 Å². The number of phenolic OH excluding ortho intramolecular Hbond substituents is 2. The molecular weight excluding hydrogens is 340 g/mol. The first kappa shape index (κ1) is 20.0. The minimum absolute atomic E-state index is 0.00326. The van der Waals surface area contributed by atoms with Gasteiger partial charge in [-0.25, -0.2) is 0 Å². The number of piperidine rings is 1. The van der Waals surface area contributed by atoms with Gasteiger partial charge < -0.3 is 25.3 Å². The highest BCUT2D eigenvalue weighted by Crippen LogP contribution is 2.33. The Kier molecular flexibility index (Phi) is 6.44. The summed E-state index contributed by atoms with van der Waals surface area (Å²) in [5, 5.41) is 40.9. The molecule has 1 saturated heterocycles. The van der Waals surface area contributed by atoms with Crippen molar-refractivity contribution in [1.82, 2.24) is 10.2 Å². The van der Waals surface area contributed by atoms with E-state index in [1.165, 1.54) is 12.1 Å². The Labute approximate surface area is 152 Å². The van der Waals surface area contributed by atoms with Gasteiger partial charge >= 0.3 is 5.97 Å². The van der Waals surface area contributed by atoms with E-state index in [2.05, 4.69) is 5.32 Å². The topological polar surface area (TPSA) is 130 Å². The summed E-state index contributed by atoms with van der Waals surface area (Å²) >= 11 is 0. The van der Waals surface area contributed by atoms with Gasteiger partial charge in [-0.15, -0.1) is 0 Å². The van der Waals surface area contributed by atoms with E-state index in [0.29, 0.717) is 31.5 Å². The van der Waals surface area contributed by atoms with Gasteiger partial charge in [0.1, 0.15) is 17.5 Å². The molecular formula is C18H26N2O6. The summed E-state index contributed by atoms with van der Waals surface area (Å²) in [4.78, 5) is 25.3. The maximum absolute atomic E-state index is 12.7. The van der Waals surface area contributed by atoms with Crippen molar-refractivity contribution in [2.75, 3.05) is 19.7 Å². The molecule has 5 N–H and O–H groups in total. The first-order chi connectivity index (χ1) is 12.2. The maximum atomic E-state index is 12.7. The Morgan fingerprint density at radius 2 is 1.81 bits per heavy atom. The summed E-state index contributed by atoms with van der Waals surface area (Å²) in [6.45, 7) is 4.10. The van der Waals surface area contributed by atoms with Crippen molar-refractivity contribution >= 4 is 11.9 Å². The Morgan fingerprint density at radius 1 is 1.19 bits per heavy atom. The van der Waals surface area contributed by atoms with Gasteiger partial charge in [-0.2, -0.15) is 0 Å². The molecule has 1 amide bonds. The number of hydrogen-bond acceptors (Lipinski definition) is 6. The van der Waals surface area contributed by atoms with Crippen LogP contribution < -0.4 is 5.32 Å². The van der Waals surface area contributed by atoms with Gasteiger partial charge in [0.05, 0.1) is 12.2 Å². The fraction of sp³-hybridized carbons (Fsp3) is 0.556. The van der Waals surface area contributed by atoms with Gasteiger partial charge in [-0.3, -0.25) is 14.9 Å². The van der Waals surface area contributed by atoms with Crippen molar-refractivity contribution in [3.63, 3.8) is 0 Å². The molecule has 8 heteroatoms. The number of aliphatic hydroxyl groups excluding tert-OH is 1. The number of benzene rings is 1. The number of phenols is 2. The normalized spacial score (nSPS) is 16.7. The predicted octanol–water partition coefficient (Wildman–Crippen LogP) is 0.861. The van der Waals surface area contributed by atoms with Gasteiger partial charge in [0.2, 0.25) is 0 Å². The smallest absolute Gasteiger partial charge is 0.323 e. The zero-order chi connectivity index (χ0) is 19.4. The minimum Gasteiger partial charge on any atom is -0.508 e. The van der Waals surface area contributed by atoms with Crippen molar-refractivity contribution in [3.8, 4) is 11.5 Å². The lowest BCUT2D eigenvalue weighted by Crippen LogP contribution is -2.51. The van der Waals surface area contributed by atoms with E-state index in [-0.39, 0.29) is 34.9 Å². The van der Waals surface area contributed by atoms with Crippen molar-refractivity contribution in [1.29, 1.82) is 0 Å². The number of aliphatic carboxylic acids is 1. The Balaban J connectivity index is 2.05. The third-order valence-electron chi connectivity index (χ3n) is 4.70. The van der Waals surface area contributed by atoms with Crippen LogP contribution >= 0.6 is 0 Å². The molecule has 144 valence electrons. The molecule has 1 heterocycles. The minimum atomic E-state index is -1.11. The van der Waals surface area contributed by atoms with E-state index in [1.807, 2.05) is 13.8 Å². The van der Waals surface area contributed by atoms with Crippen LogP contribution in [-0.2, 0) is 4.79 Å². The lowest BCUT2D eigenvalue weighted by Gasteiger charge is -2.33. The molecule has 2 rings (SSSR count). The molecule has 0 spiro atoms. The molecule has 1 aromatic carbocycles. The van der Waals surface area contributed by atoms with Gasteiger partial charge in [-0.05, 0) is 30.4 Å². The first-order valence-electron chi connectivity index (χ1n) is 8.69. The van der Waals surface area contributed by atoms with Gasteiger partial charge in [0, 0.05) is 25.2 Å². The maximum Gasteiger partial charge on any atom is 0.323 e. The number of carboxylic acids is 1. The standard InChI is InChI=1S/C18H26N2O6/c1-10(2)12-7-13(16(23)8-15(12)22)17(24)20-5-3-11(4-6-20)19-14(9-21)18(25)26/h7-8,10-11,14,19,21-23H,3-6,9H2,1-2H3,(H,25,26)/t14-/m0/s1. The average molecular weight is 366 g/mol. The molecule has 26 heavy (non-hydrogen) atoms. The highest BCUT2D eigenvalue weighted by atomic mass is 16.4. The first-order valence-corrected chi connectivity index (χ1v) is 8.69. The number of nitrogens with zero attached hydrogens (tertiary/aromatic N) is 1. The molecule has 0 radical (unpaired) electrons. The van der Waals surface area contributed by atoms with Crippen LogP contribution in [0.4, 0.5) is 0 Å². The molecule has 8 nitrogen and oxygen atoms in total. The van der Waals surface area contributed by atoms with Crippen LogP contribution in [0.25, 0.3) is 0 Å². The summed E-state index contributed by atoms with van der Waals surface area (Å²) in [6, 6.07) is 1.59. The number of carbonyl (C=O) groups excluding carboxylic acids is 1. The summed E-state index contributed by atoms with van der Waals surface area (Å²) in [5.74, 6) is -1.73. The van der Waals surface area contributed by atoms with Crippen molar-refractivity contribution < 1.29 is 30.0 Å². The van der Waals surface area contributed by atoms with E-state index in [4.69, 9.17) is 10.2 Å². The van der Waals surface area contributed by atoms with Crippen LogP contribution in [0.3, 0.4) is 0 Å². The largest absolute Gasteiger partial charge is 0.508 e. The second-order valence-corrected chi connectivity index (χ2v) is 6.89. The molecule has 0 aromatic heterocycles. The number of nitrogens with one attached hydrogen (secondary N) is 1. The number of carbonyl (C=O) groups is 2. The molecule has 1 fully saturated rings. The highest BCUT2D eigenvalue weighted by Gasteiger charge is 2.28. The zero-order valence-electron chi connectivity index (χ0n) is 15.0. The molecule has 0 saturated carbocycles. The number of carboxylic acid groups (broad SMARTS) is 1. The van der Waals surface area contributed by atoms with Crippen LogP contribution in [0.5, 0.6) is 11.5 Å². The Morgan fingerprint density at radius 3 is 2.31 bits per heavy atom. The van der Waals surface area contributed by atoms with Gasteiger partial charge in [0.15, 0.2) is 0 Å². The van der Waals surface area contributed by atoms with E-state index in [1.54, 1.807) is 4.90 Å². The lowest BCUT2D eigenvalue weighted by atomic mass is 9.97. The molecule has 1 aliphatic heterocycles. The fourth-order valence-corrected chi connectivity index (χ4v) is 3.13. The fourth-order valence-electron chi connectivity index (χ4n) is 3.13. The highest BCUT2D eigenvalue weighted by molar-refractivity contribution is 5.97. The van der Waals surface area contributed by atoms with Gasteiger partial charge in [0.25, 0.3) is 5.91 Å². The van der Waals surface area contributed by atoms with Crippen LogP contribution in [-0.4, -0.2) is 69.0 Å². The van der Waals surface area contributed by atoms with Crippen molar-refractivity contribution in [2.45, 2.75) is 44.7 Å². The number of aromatic hydroxyl groups is 2. The number of hydrogen-bond donors (Lipinski definition) is 5. The van der Waals surface area contributed by atoms with E-state index in [0.717, 1.165) is 0 Å². The molecule has 0 aliphatic carbocycles. The van der Waals surface area contributed by atoms with Crippen LogP contribution in [0.1, 0.15) is 48.5 Å². The van der Waals surface area contributed by atoms with E-state index in [9.17, 15) is 19.8 Å². The van der Waals surface area contributed by atoms with Crippen molar-refractivity contribution in [2.24, 2.45) is 0 Å². The van der Waals surface area contributed by atoms with E-state index >= 15 is 0 Å². The lowest BCUT2D eigenvalue weighted by molar-refractivity contribution is -0.140. The summed E-state index contributed by atoms with van der Waals surface area (Å²) in [5.41, 5.74) is 0.742. The Bertz CT molecular complexity index is 668. The van der Waals surface area contributed by atoms with Crippen LogP contribution in [0.2, 0.25) is 0 Å². The summed E-state index contributed by atoms with van der Waals surface area (Å²) in [7, 11) is 0. The number of likely N-dealkylation sites (tertiary alicyclic amines) is 1. The number of amides is 1. The molecule has 1 atom stereocenters. The molecule has 1 aromatic rings. The summed E-state index contributed by atoms with van der Waals surface area (Å²) < 4.78 is 0. The average Bonchev–Trinajstić information content (AvgIpc) is 2.59. The second-order valence-electron chi connectivity index (χ2n) is 6.89. The monoisotopic (exact) mass is 366 g/mol. The molecule has 0 bridgehead atoms.